The predicted octanol–water partition coefficient (Wildman–Crippen LogP) is 3.55. The van der Waals surface area contributed by atoms with Crippen LogP contribution in [0, 0.1) is 6.92 Å². The van der Waals surface area contributed by atoms with Gasteiger partial charge in [-0.2, -0.15) is 13.2 Å². The van der Waals surface area contributed by atoms with Crippen LogP contribution in [0.4, 0.5) is 18.9 Å². The molecule has 0 fully saturated rings. The molecule has 156 valence electrons. The van der Waals surface area contributed by atoms with Gasteiger partial charge in [0.05, 0.1) is 17.8 Å². The van der Waals surface area contributed by atoms with Crippen molar-refractivity contribution in [1.82, 2.24) is 20.3 Å². The summed E-state index contributed by atoms with van der Waals surface area (Å²) in [4.78, 5) is 12.7. The van der Waals surface area contributed by atoms with Crippen LogP contribution in [0.5, 0.6) is 0 Å². The number of rotatable bonds is 4. The summed E-state index contributed by atoms with van der Waals surface area (Å²) in [6, 6.07) is 10.7. The summed E-state index contributed by atoms with van der Waals surface area (Å²) in [6.45, 7) is 3.65. The fourth-order valence-electron chi connectivity index (χ4n) is 3.44. The first-order chi connectivity index (χ1) is 14.3. The van der Waals surface area contributed by atoms with E-state index < -0.39 is 11.7 Å². The summed E-state index contributed by atoms with van der Waals surface area (Å²) < 4.78 is 39.6. The number of aromatic nitrogens is 3. The number of amides is 1. The number of halogens is 3. The Kier molecular flexibility index (Phi) is 5.29. The minimum absolute atomic E-state index is 0.182. The van der Waals surface area contributed by atoms with Crippen LogP contribution >= 0.6 is 0 Å². The fraction of sp³-hybridized carbons (Fsp3) is 0.286. The number of benzene rings is 2. The first-order valence-electron chi connectivity index (χ1n) is 9.51. The van der Waals surface area contributed by atoms with Crippen molar-refractivity contribution in [3.8, 4) is 0 Å². The van der Waals surface area contributed by atoms with E-state index in [0.717, 1.165) is 31.6 Å². The highest BCUT2D eigenvalue weighted by Gasteiger charge is 2.30. The fourth-order valence-corrected chi connectivity index (χ4v) is 3.44. The standard InChI is InChI=1S/C21H20F3N5O/c1-13-19(20(30)26-18-7-4-16-11-25-9-8-15(16)10-18)27-28-29(13)12-14-2-5-17(6-3-14)21(22,23)24/h2-7,10,25H,8-9,11-12H2,1H3,(H,26,30). The molecule has 6 nitrogen and oxygen atoms in total. The van der Waals surface area contributed by atoms with Crippen LogP contribution in [0.1, 0.15) is 38.4 Å². The Morgan fingerprint density at radius 3 is 2.67 bits per heavy atom. The molecule has 0 saturated heterocycles. The molecule has 1 aromatic heterocycles. The van der Waals surface area contributed by atoms with Gasteiger partial charge in [-0.15, -0.1) is 5.10 Å². The molecule has 1 aliphatic heterocycles. The molecule has 9 heteroatoms. The lowest BCUT2D eigenvalue weighted by Crippen LogP contribution is -2.23. The third kappa shape index (κ3) is 4.20. The Morgan fingerprint density at radius 1 is 1.17 bits per heavy atom. The molecular weight excluding hydrogens is 395 g/mol. The van der Waals surface area contributed by atoms with Crippen LogP contribution in [0.3, 0.4) is 0 Å². The van der Waals surface area contributed by atoms with Crippen LogP contribution in [-0.2, 0) is 25.7 Å². The molecule has 1 amide bonds. The van der Waals surface area contributed by atoms with Crippen molar-refractivity contribution < 1.29 is 18.0 Å². The van der Waals surface area contributed by atoms with Crippen molar-refractivity contribution in [2.75, 3.05) is 11.9 Å². The van der Waals surface area contributed by atoms with Gasteiger partial charge >= 0.3 is 6.18 Å². The lowest BCUT2D eigenvalue weighted by atomic mass is 10.0. The summed E-state index contributed by atoms with van der Waals surface area (Å²) in [7, 11) is 0. The maximum absolute atomic E-state index is 12.7. The molecule has 0 bridgehead atoms. The van der Waals surface area contributed by atoms with E-state index in [-0.39, 0.29) is 18.1 Å². The van der Waals surface area contributed by atoms with E-state index in [9.17, 15) is 18.0 Å². The molecule has 0 saturated carbocycles. The van der Waals surface area contributed by atoms with Gasteiger partial charge < -0.3 is 10.6 Å². The highest BCUT2D eigenvalue weighted by Crippen LogP contribution is 2.29. The normalized spacial score (nSPS) is 13.7. The molecule has 0 radical (unpaired) electrons. The van der Waals surface area contributed by atoms with Crippen LogP contribution in [0.15, 0.2) is 42.5 Å². The summed E-state index contributed by atoms with van der Waals surface area (Å²) >= 11 is 0. The van der Waals surface area contributed by atoms with E-state index in [1.165, 1.54) is 27.9 Å². The van der Waals surface area contributed by atoms with Gasteiger partial charge in [-0.3, -0.25) is 4.79 Å². The van der Waals surface area contributed by atoms with E-state index in [4.69, 9.17) is 0 Å². The number of carbonyl (C=O) groups is 1. The molecule has 0 aliphatic carbocycles. The van der Waals surface area contributed by atoms with Crippen LogP contribution in [-0.4, -0.2) is 27.4 Å². The topological polar surface area (TPSA) is 71.8 Å². The molecule has 2 heterocycles. The predicted molar refractivity (Wildman–Crippen MR) is 105 cm³/mol. The van der Waals surface area contributed by atoms with Gasteiger partial charge in [-0.25, -0.2) is 4.68 Å². The lowest BCUT2D eigenvalue weighted by molar-refractivity contribution is -0.137. The van der Waals surface area contributed by atoms with Crippen LogP contribution in [0.2, 0.25) is 0 Å². The maximum Gasteiger partial charge on any atom is 0.416 e. The zero-order chi connectivity index (χ0) is 21.3. The summed E-state index contributed by atoms with van der Waals surface area (Å²) in [5.41, 5.74) is 3.76. The highest BCUT2D eigenvalue weighted by molar-refractivity contribution is 6.03. The van der Waals surface area contributed by atoms with Crippen LogP contribution < -0.4 is 10.6 Å². The lowest BCUT2D eigenvalue weighted by Gasteiger charge is -2.18. The average molecular weight is 415 g/mol. The third-order valence-corrected chi connectivity index (χ3v) is 5.16. The molecule has 3 aromatic rings. The van der Waals surface area contributed by atoms with Gasteiger partial charge in [0.25, 0.3) is 5.91 Å². The summed E-state index contributed by atoms with van der Waals surface area (Å²) in [5.74, 6) is -0.375. The number of hydrogen-bond acceptors (Lipinski definition) is 4. The van der Waals surface area contributed by atoms with Gasteiger partial charge in [-0.1, -0.05) is 23.4 Å². The van der Waals surface area contributed by atoms with Gasteiger partial charge in [0.2, 0.25) is 0 Å². The third-order valence-electron chi connectivity index (χ3n) is 5.16. The average Bonchev–Trinajstić information content (AvgIpc) is 3.08. The zero-order valence-electron chi connectivity index (χ0n) is 16.3. The first-order valence-corrected chi connectivity index (χ1v) is 9.51. The largest absolute Gasteiger partial charge is 0.416 e. The number of alkyl halides is 3. The molecule has 2 N–H and O–H groups in total. The Morgan fingerprint density at radius 2 is 1.93 bits per heavy atom. The minimum atomic E-state index is -4.37. The number of fused-ring (bicyclic) bond motifs is 1. The van der Waals surface area contributed by atoms with E-state index in [1.807, 2.05) is 18.2 Å². The Hall–Kier alpha value is -3.20. The molecule has 4 rings (SSSR count). The molecular formula is C21H20F3N5O. The molecule has 30 heavy (non-hydrogen) atoms. The number of carbonyl (C=O) groups excluding carboxylic acids is 1. The Balaban J connectivity index is 1.47. The maximum atomic E-state index is 12.7. The van der Waals surface area contributed by atoms with E-state index in [1.54, 1.807) is 6.92 Å². The van der Waals surface area contributed by atoms with Gasteiger partial charge in [0.15, 0.2) is 5.69 Å². The first kappa shape index (κ1) is 20.1. The van der Waals surface area contributed by atoms with Crippen molar-refractivity contribution in [3.63, 3.8) is 0 Å². The molecule has 2 aromatic carbocycles. The monoisotopic (exact) mass is 415 g/mol. The van der Waals surface area contributed by atoms with E-state index in [2.05, 4.69) is 20.9 Å². The second kappa shape index (κ2) is 7.91. The quantitative estimate of drug-likeness (QED) is 0.684. The Labute approximate surface area is 171 Å². The SMILES string of the molecule is Cc1c(C(=O)Nc2ccc3c(c2)CCNC3)nnn1Cc1ccc(C(F)(F)F)cc1. The van der Waals surface area contributed by atoms with Crippen molar-refractivity contribution in [2.45, 2.75) is 32.6 Å². The van der Waals surface area contributed by atoms with Gasteiger partial charge in [0, 0.05) is 12.2 Å². The smallest absolute Gasteiger partial charge is 0.321 e. The zero-order valence-corrected chi connectivity index (χ0v) is 16.3. The Bertz CT molecular complexity index is 1070. The van der Waals surface area contributed by atoms with Gasteiger partial charge in [0.1, 0.15) is 0 Å². The summed E-state index contributed by atoms with van der Waals surface area (Å²) in [5, 5.41) is 14.1. The minimum Gasteiger partial charge on any atom is -0.321 e. The number of nitrogens with one attached hydrogen (secondary N) is 2. The molecule has 0 atom stereocenters. The molecule has 0 unspecified atom stereocenters. The van der Waals surface area contributed by atoms with Crippen molar-refractivity contribution in [2.24, 2.45) is 0 Å². The number of anilines is 1. The van der Waals surface area contributed by atoms with Gasteiger partial charge in [-0.05, 0) is 60.8 Å². The summed E-state index contributed by atoms with van der Waals surface area (Å²) in [6.07, 6.45) is -3.47. The van der Waals surface area contributed by atoms with Crippen LogP contribution in [0.25, 0.3) is 0 Å². The second-order valence-electron chi connectivity index (χ2n) is 7.24. The molecule has 1 aliphatic rings. The number of hydrogen-bond donors (Lipinski definition) is 2. The number of nitrogens with zero attached hydrogens (tertiary/aromatic N) is 3. The van der Waals surface area contributed by atoms with E-state index in [0.29, 0.717) is 16.9 Å². The van der Waals surface area contributed by atoms with Crippen molar-refractivity contribution >= 4 is 11.6 Å². The van der Waals surface area contributed by atoms with E-state index >= 15 is 0 Å². The highest BCUT2D eigenvalue weighted by atomic mass is 19.4. The second-order valence-corrected chi connectivity index (χ2v) is 7.24. The molecule has 0 spiro atoms. The van der Waals surface area contributed by atoms with Crippen molar-refractivity contribution in [3.05, 3.63) is 76.1 Å². The van der Waals surface area contributed by atoms with Crippen molar-refractivity contribution in [1.29, 1.82) is 0 Å².